The average molecular weight is 239 g/mol. The Kier molecular flexibility index (Phi) is 3.30. The summed E-state index contributed by atoms with van der Waals surface area (Å²) in [6.45, 7) is 3.49. The number of rotatable bonds is 3. The fourth-order valence-corrected chi connectivity index (χ4v) is 2.94. The standard InChI is InChI=1S/C12H17NO2S/c1-12(11(14)15)5-2-3-6-13(12)8-10-4-7-16-9-10/h4,7,9H,2-3,5-6,8H2,1H3,(H,14,15). The Labute approximate surface area is 99.7 Å². The highest BCUT2D eigenvalue weighted by atomic mass is 32.1. The van der Waals surface area contributed by atoms with E-state index >= 15 is 0 Å². The molecule has 1 atom stereocenters. The first-order valence-corrected chi connectivity index (χ1v) is 6.57. The fourth-order valence-electron chi connectivity index (χ4n) is 2.28. The summed E-state index contributed by atoms with van der Waals surface area (Å²) in [6, 6.07) is 2.07. The van der Waals surface area contributed by atoms with Crippen LogP contribution in [0.25, 0.3) is 0 Å². The lowest BCUT2D eigenvalue weighted by atomic mass is 9.88. The predicted molar refractivity (Wildman–Crippen MR) is 64.6 cm³/mol. The second kappa shape index (κ2) is 4.55. The summed E-state index contributed by atoms with van der Waals surface area (Å²) in [4.78, 5) is 13.5. The largest absolute Gasteiger partial charge is 0.480 e. The van der Waals surface area contributed by atoms with Crippen molar-refractivity contribution in [2.45, 2.75) is 38.3 Å². The van der Waals surface area contributed by atoms with Crippen molar-refractivity contribution in [3.05, 3.63) is 22.4 Å². The first kappa shape index (κ1) is 11.6. The van der Waals surface area contributed by atoms with Gasteiger partial charge in [-0.15, -0.1) is 0 Å². The Morgan fingerprint density at radius 3 is 3.06 bits per heavy atom. The number of thiophene rings is 1. The van der Waals surface area contributed by atoms with Crippen LogP contribution in [0, 0.1) is 0 Å². The van der Waals surface area contributed by atoms with Crippen LogP contribution in [0.5, 0.6) is 0 Å². The van der Waals surface area contributed by atoms with Crippen molar-refractivity contribution in [1.29, 1.82) is 0 Å². The molecule has 2 rings (SSSR count). The topological polar surface area (TPSA) is 40.5 Å². The van der Waals surface area contributed by atoms with E-state index < -0.39 is 11.5 Å². The number of hydrogen-bond acceptors (Lipinski definition) is 3. The van der Waals surface area contributed by atoms with Crippen molar-refractivity contribution >= 4 is 17.3 Å². The van der Waals surface area contributed by atoms with Gasteiger partial charge in [-0.3, -0.25) is 9.69 Å². The Morgan fingerprint density at radius 1 is 1.62 bits per heavy atom. The third-order valence-electron chi connectivity index (χ3n) is 3.45. The van der Waals surface area contributed by atoms with E-state index in [4.69, 9.17) is 0 Å². The van der Waals surface area contributed by atoms with Crippen molar-refractivity contribution in [3.63, 3.8) is 0 Å². The van der Waals surface area contributed by atoms with Gasteiger partial charge in [-0.05, 0) is 55.1 Å². The lowest BCUT2D eigenvalue weighted by Gasteiger charge is -2.41. The molecule has 1 unspecified atom stereocenters. The molecule has 1 fully saturated rings. The summed E-state index contributed by atoms with van der Waals surface area (Å²) < 4.78 is 0. The molecule has 0 amide bonds. The van der Waals surface area contributed by atoms with E-state index in [2.05, 4.69) is 16.3 Å². The Hall–Kier alpha value is -0.870. The zero-order valence-corrected chi connectivity index (χ0v) is 10.3. The van der Waals surface area contributed by atoms with Gasteiger partial charge in [-0.2, -0.15) is 11.3 Å². The van der Waals surface area contributed by atoms with Crippen molar-refractivity contribution in [3.8, 4) is 0 Å². The smallest absolute Gasteiger partial charge is 0.323 e. The highest BCUT2D eigenvalue weighted by Gasteiger charge is 2.41. The summed E-state index contributed by atoms with van der Waals surface area (Å²) in [5.74, 6) is -0.692. The SMILES string of the molecule is CC1(C(=O)O)CCCCN1Cc1ccsc1. The summed E-state index contributed by atoms with van der Waals surface area (Å²) in [5, 5.41) is 13.5. The van der Waals surface area contributed by atoms with Gasteiger partial charge in [0.2, 0.25) is 0 Å². The van der Waals surface area contributed by atoms with Crippen LogP contribution in [0.3, 0.4) is 0 Å². The number of nitrogens with zero attached hydrogens (tertiary/aromatic N) is 1. The van der Waals surface area contributed by atoms with Gasteiger partial charge in [0.15, 0.2) is 0 Å². The number of piperidine rings is 1. The summed E-state index contributed by atoms with van der Waals surface area (Å²) in [6.07, 6.45) is 2.88. The van der Waals surface area contributed by atoms with E-state index in [0.29, 0.717) is 0 Å². The van der Waals surface area contributed by atoms with Gasteiger partial charge in [0.05, 0.1) is 0 Å². The third-order valence-corrected chi connectivity index (χ3v) is 4.19. The van der Waals surface area contributed by atoms with Crippen LogP contribution >= 0.6 is 11.3 Å². The van der Waals surface area contributed by atoms with Gasteiger partial charge in [-0.25, -0.2) is 0 Å². The van der Waals surface area contributed by atoms with E-state index in [1.54, 1.807) is 11.3 Å². The fraction of sp³-hybridized carbons (Fsp3) is 0.583. The van der Waals surface area contributed by atoms with Crippen molar-refractivity contribution in [2.24, 2.45) is 0 Å². The molecule has 0 bridgehead atoms. The number of carboxylic acid groups (broad SMARTS) is 1. The molecule has 0 aliphatic carbocycles. The predicted octanol–water partition coefficient (Wildman–Crippen LogP) is 2.58. The van der Waals surface area contributed by atoms with Gasteiger partial charge < -0.3 is 5.11 Å². The van der Waals surface area contributed by atoms with Gasteiger partial charge in [0.25, 0.3) is 0 Å². The number of likely N-dealkylation sites (tertiary alicyclic amines) is 1. The molecule has 1 aromatic rings. The number of aliphatic carboxylic acids is 1. The molecule has 3 nitrogen and oxygen atoms in total. The summed E-state index contributed by atoms with van der Waals surface area (Å²) in [5.41, 5.74) is 0.541. The maximum absolute atomic E-state index is 11.4. The van der Waals surface area contributed by atoms with Gasteiger partial charge in [0, 0.05) is 6.54 Å². The molecule has 16 heavy (non-hydrogen) atoms. The molecular weight excluding hydrogens is 222 g/mol. The second-order valence-electron chi connectivity index (χ2n) is 4.59. The molecule has 1 aliphatic rings. The molecule has 0 radical (unpaired) electrons. The first-order chi connectivity index (χ1) is 7.63. The molecule has 1 aromatic heterocycles. The maximum atomic E-state index is 11.4. The van der Waals surface area contributed by atoms with Crippen LogP contribution in [-0.4, -0.2) is 28.1 Å². The van der Waals surface area contributed by atoms with Crippen LogP contribution in [0.15, 0.2) is 16.8 Å². The Balaban J connectivity index is 2.14. The van der Waals surface area contributed by atoms with E-state index in [9.17, 15) is 9.90 Å². The van der Waals surface area contributed by atoms with Crippen LogP contribution in [0.4, 0.5) is 0 Å². The van der Waals surface area contributed by atoms with Crippen LogP contribution in [0.2, 0.25) is 0 Å². The molecule has 88 valence electrons. The highest BCUT2D eigenvalue weighted by molar-refractivity contribution is 7.07. The van der Waals surface area contributed by atoms with E-state index in [1.165, 1.54) is 5.56 Å². The minimum atomic E-state index is -0.692. The summed E-state index contributed by atoms with van der Waals surface area (Å²) >= 11 is 1.66. The molecule has 0 spiro atoms. The quantitative estimate of drug-likeness (QED) is 0.881. The van der Waals surface area contributed by atoms with Gasteiger partial charge in [0.1, 0.15) is 5.54 Å². The molecule has 0 saturated carbocycles. The second-order valence-corrected chi connectivity index (χ2v) is 5.37. The lowest BCUT2D eigenvalue weighted by molar-refractivity contribution is -0.153. The molecule has 1 N–H and O–H groups in total. The number of carbonyl (C=O) groups is 1. The van der Waals surface area contributed by atoms with Crippen molar-refractivity contribution in [1.82, 2.24) is 4.90 Å². The molecule has 1 saturated heterocycles. The highest BCUT2D eigenvalue weighted by Crippen LogP contribution is 2.30. The van der Waals surface area contributed by atoms with Crippen LogP contribution in [-0.2, 0) is 11.3 Å². The minimum absolute atomic E-state index is 0.680. The van der Waals surface area contributed by atoms with Crippen molar-refractivity contribution in [2.75, 3.05) is 6.54 Å². The Morgan fingerprint density at radius 2 is 2.44 bits per heavy atom. The molecular formula is C12H17NO2S. The zero-order valence-electron chi connectivity index (χ0n) is 9.48. The normalized spacial score (nSPS) is 26.8. The third kappa shape index (κ3) is 2.13. The van der Waals surface area contributed by atoms with E-state index in [-0.39, 0.29) is 0 Å². The van der Waals surface area contributed by atoms with Gasteiger partial charge >= 0.3 is 5.97 Å². The molecule has 4 heteroatoms. The molecule has 0 aromatic carbocycles. The van der Waals surface area contributed by atoms with Crippen LogP contribution < -0.4 is 0 Å². The van der Waals surface area contributed by atoms with Gasteiger partial charge in [-0.1, -0.05) is 0 Å². The minimum Gasteiger partial charge on any atom is -0.480 e. The first-order valence-electron chi connectivity index (χ1n) is 5.62. The Bertz CT molecular complexity index is 363. The molecule has 1 aliphatic heterocycles. The van der Waals surface area contributed by atoms with E-state index in [0.717, 1.165) is 32.4 Å². The zero-order chi connectivity index (χ0) is 11.6. The van der Waals surface area contributed by atoms with E-state index in [1.807, 2.05) is 12.3 Å². The average Bonchev–Trinajstić information content (AvgIpc) is 2.74. The molecule has 2 heterocycles. The number of carboxylic acids is 1. The monoisotopic (exact) mass is 239 g/mol. The van der Waals surface area contributed by atoms with Crippen LogP contribution in [0.1, 0.15) is 31.7 Å². The number of hydrogen-bond donors (Lipinski definition) is 1. The lowest BCUT2D eigenvalue weighted by Crippen LogP contribution is -2.54. The maximum Gasteiger partial charge on any atom is 0.323 e. The summed E-state index contributed by atoms with van der Waals surface area (Å²) in [7, 11) is 0. The van der Waals surface area contributed by atoms with Crippen molar-refractivity contribution < 1.29 is 9.90 Å².